The number of amides is 1. The van der Waals surface area contributed by atoms with Gasteiger partial charge in [-0.2, -0.15) is 17.5 Å². The summed E-state index contributed by atoms with van der Waals surface area (Å²) in [7, 11) is -4.02. The van der Waals surface area contributed by atoms with Crippen molar-refractivity contribution in [3.05, 3.63) is 70.3 Å². The van der Waals surface area contributed by atoms with Gasteiger partial charge in [-0.3, -0.25) is 9.52 Å². The number of halogens is 5. The molecule has 31 heavy (non-hydrogen) atoms. The Balaban J connectivity index is 1.71. The zero-order valence-corrected chi connectivity index (χ0v) is 17.5. The number of benzene rings is 2. The zero-order valence-electron chi connectivity index (χ0n) is 15.1. The first-order valence-electron chi connectivity index (χ1n) is 8.20. The quantitative estimate of drug-likeness (QED) is 0.503. The zero-order chi connectivity index (χ0) is 22.8. The Bertz CT molecular complexity index is 1220. The monoisotopic (exact) mass is 494 g/mol. The molecule has 0 spiro atoms. The van der Waals surface area contributed by atoms with Crippen LogP contribution in [0.3, 0.4) is 0 Å². The lowest BCUT2D eigenvalue weighted by atomic mass is 10.1. The van der Waals surface area contributed by atoms with Crippen molar-refractivity contribution >= 4 is 44.2 Å². The number of alkyl halides is 3. The van der Waals surface area contributed by atoms with Gasteiger partial charge in [0.05, 0.1) is 21.0 Å². The van der Waals surface area contributed by atoms with Crippen molar-refractivity contribution in [2.75, 3.05) is 4.72 Å². The van der Waals surface area contributed by atoms with Crippen molar-refractivity contribution in [2.45, 2.75) is 17.6 Å². The van der Waals surface area contributed by atoms with Gasteiger partial charge in [-0.15, -0.1) is 0 Å². The van der Waals surface area contributed by atoms with Crippen LogP contribution >= 0.6 is 23.1 Å². The lowest BCUT2D eigenvalue weighted by Crippen LogP contribution is -2.23. The molecule has 3 aromatic rings. The van der Waals surface area contributed by atoms with Crippen molar-refractivity contribution < 1.29 is 30.8 Å². The molecule has 2 aromatic carbocycles. The molecule has 164 valence electrons. The van der Waals surface area contributed by atoms with Gasteiger partial charge in [0.2, 0.25) is 5.13 Å². The number of anilines is 1. The smallest absolute Gasteiger partial charge is 0.348 e. The molecule has 2 N–H and O–H groups in total. The summed E-state index contributed by atoms with van der Waals surface area (Å²) in [6, 6.07) is 5.63. The summed E-state index contributed by atoms with van der Waals surface area (Å²) >= 11 is 6.85. The van der Waals surface area contributed by atoms with Crippen LogP contribution in [0.1, 0.15) is 21.5 Å². The van der Waals surface area contributed by atoms with Crippen LogP contribution in [-0.2, 0) is 22.7 Å². The van der Waals surface area contributed by atoms with Gasteiger partial charge in [-0.25, -0.2) is 17.8 Å². The van der Waals surface area contributed by atoms with E-state index in [4.69, 9.17) is 11.6 Å². The molecule has 0 saturated heterocycles. The Morgan fingerprint density at radius 1 is 1.16 bits per heavy atom. The Kier molecular flexibility index (Phi) is 6.48. The fourth-order valence-corrected chi connectivity index (χ4v) is 4.43. The first-order chi connectivity index (χ1) is 14.5. The molecule has 0 saturated carbocycles. The van der Waals surface area contributed by atoms with Crippen LogP contribution in [-0.4, -0.2) is 23.7 Å². The minimum absolute atomic E-state index is 0.0433. The van der Waals surface area contributed by atoms with E-state index in [1.165, 1.54) is 12.4 Å². The second-order valence-corrected chi connectivity index (χ2v) is 8.86. The van der Waals surface area contributed by atoms with Crippen LogP contribution in [0.4, 0.5) is 22.7 Å². The Labute approximate surface area is 182 Å². The molecule has 0 aliphatic rings. The van der Waals surface area contributed by atoms with Gasteiger partial charge in [-0.05, 0) is 35.9 Å². The summed E-state index contributed by atoms with van der Waals surface area (Å²) in [5, 5.41) is 2.24. The van der Waals surface area contributed by atoms with E-state index in [2.05, 4.69) is 19.4 Å². The predicted octanol–water partition coefficient (Wildman–Crippen LogP) is 4.08. The van der Waals surface area contributed by atoms with E-state index in [0.717, 1.165) is 29.7 Å². The van der Waals surface area contributed by atoms with Crippen LogP contribution in [0.2, 0.25) is 5.02 Å². The highest BCUT2D eigenvalue weighted by atomic mass is 35.5. The number of nitrogens with zero attached hydrogens (tertiary/aromatic N) is 2. The summed E-state index contributed by atoms with van der Waals surface area (Å²) in [4.78, 5) is 15.8. The summed E-state index contributed by atoms with van der Waals surface area (Å²) in [5.41, 5.74) is -1.40. The number of hydrogen-bond acceptors (Lipinski definition) is 6. The molecule has 7 nitrogen and oxygen atoms in total. The SMILES string of the molecule is O=C(NCc1ccc(C(F)(F)F)c(F)c1)c1ccc(S(=O)(=O)Nc2ncns2)cc1Cl. The van der Waals surface area contributed by atoms with E-state index >= 15 is 0 Å². The molecule has 3 rings (SSSR count). The molecule has 0 unspecified atom stereocenters. The van der Waals surface area contributed by atoms with Crippen LogP contribution in [0.5, 0.6) is 0 Å². The van der Waals surface area contributed by atoms with Gasteiger partial charge in [0.15, 0.2) is 0 Å². The number of hydrogen-bond donors (Lipinski definition) is 2. The molecule has 0 fully saturated rings. The molecule has 0 radical (unpaired) electrons. The Morgan fingerprint density at radius 3 is 2.48 bits per heavy atom. The Hall–Kier alpha value is -2.77. The lowest BCUT2D eigenvalue weighted by molar-refractivity contribution is -0.140. The first kappa shape index (κ1) is 22.9. The standard InChI is InChI=1S/C17H11ClF4N4O3S2/c18-13-6-10(31(28,29)26-16-24-8-25-30-16)2-3-11(13)15(27)23-7-9-1-4-12(14(19)5-9)17(20,21)22/h1-6,8H,7H2,(H,23,27)(H,24,25,26). The Morgan fingerprint density at radius 2 is 1.90 bits per heavy atom. The molecule has 0 aliphatic heterocycles. The van der Waals surface area contributed by atoms with Gasteiger partial charge in [-0.1, -0.05) is 17.7 Å². The molecule has 1 aromatic heterocycles. The predicted molar refractivity (Wildman–Crippen MR) is 105 cm³/mol. The van der Waals surface area contributed by atoms with Crippen molar-refractivity contribution in [3.63, 3.8) is 0 Å². The van der Waals surface area contributed by atoms with Crippen molar-refractivity contribution in [3.8, 4) is 0 Å². The summed E-state index contributed by atoms with van der Waals surface area (Å²) in [5.74, 6) is -2.19. The van der Waals surface area contributed by atoms with E-state index in [9.17, 15) is 30.8 Å². The van der Waals surface area contributed by atoms with Gasteiger partial charge < -0.3 is 5.32 Å². The fourth-order valence-electron chi connectivity index (χ4n) is 2.42. The van der Waals surface area contributed by atoms with E-state index in [1.54, 1.807) is 0 Å². The third-order valence-electron chi connectivity index (χ3n) is 3.87. The normalized spacial score (nSPS) is 11.9. The molecule has 0 atom stereocenters. The van der Waals surface area contributed by atoms with Crippen LogP contribution in [0, 0.1) is 5.82 Å². The topological polar surface area (TPSA) is 101 Å². The van der Waals surface area contributed by atoms with Gasteiger partial charge in [0, 0.05) is 18.1 Å². The summed E-state index contributed by atoms with van der Waals surface area (Å²) in [6.07, 6.45) is -3.65. The second-order valence-electron chi connectivity index (χ2n) is 5.99. The minimum Gasteiger partial charge on any atom is -0.348 e. The summed E-state index contributed by atoms with van der Waals surface area (Å²) in [6.45, 7) is -0.275. The number of rotatable bonds is 6. The molecular formula is C17H11ClF4N4O3S2. The van der Waals surface area contributed by atoms with Crippen LogP contribution < -0.4 is 10.0 Å². The largest absolute Gasteiger partial charge is 0.419 e. The first-order valence-corrected chi connectivity index (χ1v) is 10.8. The number of carbonyl (C=O) groups excluding carboxylic acids is 1. The number of nitrogens with one attached hydrogen (secondary N) is 2. The molecular weight excluding hydrogens is 484 g/mol. The van der Waals surface area contributed by atoms with Gasteiger partial charge >= 0.3 is 6.18 Å². The van der Waals surface area contributed by atoms with Crippen molar-refractivity contribution in [1.82, 2.24) is 14.7 Å². The maximum Gasteiger partial charge on any atom is 0.419 e. The number of carbonyl (C=O) groups is 1. The number of aromatic nitrogens is 2. The minimum atomic E-state index is -4.83. The van der Waals surface area contributed by atoms with Crippen molar-refractivity contribution in [1.29, 1.82) is 0 Å². The molecule has 1 heterocycles. The number of sulfonamides is 1. The second kappa shape index (κ2) is 8.77. The fraction of sp³-hybridized carbons (Fsp3) is 0.118. The lowest BCUT2D eigenvalue weighted by Gasteiger charge is -2.11. The molecule has 14 heteroatoms. The third-order valence-corrected chi connectivity index (χ3v) is 6.23. The maximum atomic E-state index is 13.6. The highest BCUT2D eigenvalue weighted by molar-refractivity contribution is 7.93. The van der Waals surface area contributed by atoms with Gasteiger partial charge in [0.1, 0.15) is 12.1 Å². The molecule has 0 aliphatic carbocycles. The molecule has 0 bridgehead atoms. The average molecular weight is 495 g/mol. The van der Waals surface area contributed by atoms with Crippen molar-refractivity contribution in [2.24, 2.45) is 0 Å². The van der Waals surface area contributed by atoms with Gasteiger partial charge in [0.25, 0.3) is 15.9 Å². The highest BCUT2D eigenvalue weighted by Gasteiger charge is 2.33. The summed E-state index contributed by atoms with van der Waals surface area (Å²) < 4.78 is 82.0. The van der Waals surface area contributed by atoms with E-state index in [1.807, 2.05) is 0 Å². The average Bonchev–Trinajstić information content (AvgIpc) is 3.17. The highest BCUT2D eigenvalue weighted by Crippen LogP contribution is 2.31. The van der Waals surface area contributed by atoms with E-state index in [-0.39, 0.29) is 32.7 Å². The molecule has 1 amide bonds. The van der Waals surface area contributed by atoms with E-state index < -0.39 is 33.5 Å². The third kappa shape index (κ3) is 5.48. The van der Waals surface area contributed by atoms with E-state index in [0.29, 0.717) is 12.1 Å². The van der Waals surface area contributed by atoms with Crippen LogP contribution in [0.15, 0.2) is 47.6 Å². The van der Waals surface area contributed by atoms with Crippen LogP contribution in [0.25, 0.3) is 0 Å². The maximum absolute atomic E-state index is 13.6.